The van der Waals surface area contributed by atoms with Crippen LogP contribution < -0.4 is 9.64 Å². The summed E-state index contributed by atoms with van der Waals surface area (Å²) in [6, 6.07) is 4.26. The Morgan fingerprint density at radius 2 is 1.96 bits per heavy atom. The first-order valence-corrected chi connectivity index (χ1v) is 7.89. The molecule has 127 valence electrons. The molecular weight excluding hydrogens is 318 g/mol. The lowest BCUT2D eigenvalue weighted by Gasteiger charge is -2.38. The lowest BCUT2D eigenvalue weighted by molar-refractivity contribution is -0.169. The van der Waals surface area contributed by atoms with Crippen molar-refractivity contribution in [3.63, 3.8) is 0 Å². The monoisotopic (exact) mass is 335 g/mol. The van der Waals surface area contributed by atoms with Gasteiger partial charge in [-0.3, -0.25) is 4.98 Å². The molecule has 1 aromatic heterocycles. The van der Waals surface area contributed by atoms with Crippen LogP contribution in [0.25, 0.3) is 10.9 Å². The van der Waals surface area contributed by atoms with E-state index in [1.165, 1.54) is 19.4 Å². The van der Waals surface area contributed by atoms with Crippen molar-refractivity contribution >= 4 is 16.6 Å². The number of halogens is 2. The fourth-order valence-electron chi connectivity index (χ4n) is 3.44. The number of aromatic nitrogens is 1. The fraction of sp³-hybridized carbons (Fsp3) is 0.471. The van der Waals surface area contributed by atoms with Crippen molar-refractivity contribution in [2.45, 2.75) is 18.6 Å². The highest BCUT2D eigenvalue weighted by molar-refractivity contribution is 5.92. The van der Waals surface area contributed by atoms with Crippen molar-refractivity contribution in [3.05, 3.63) is 30.0 Å². The first kappa shape index (κ1) is 15.5. The lowest BCUT2D eigenvalue weighted by Crippen LogP contribution is -2.45. The van der Waals surface area contributed by atoms with Crippen LogP contribution in [0, 0.1) is 17.7 Å². The van der Waals surface area contributed by atoms with E-state index in [0.717, 1.165) is 0 Å². The van der Waals surface area contributed by atoms with Crippen molar-refractivity contribution in [2.24, 2.45) is 0 Å². The first-order chi connectivity index (χ1) is 11.6. The Morgan fingerprint density at radius 3 is 2.62 bits per heavy atom. The predicted octanol–water partition coefficient (Wildman–Crippen LogP) is 2.67. The van der Waals surface area contributed by atoms with Gasteiger partial charge in [-0.25, -0.2) is 8.78 Å². The van der Waals surface area contributed by atoms with Crippen molar-refractivity contribution in [1.29, 1.82) is 0 Å². The number of fused-ring (bicyclic) bond motifs is 1. The van der Waals surface area contributed by atoms with Gasteiger partial charge < -0.3 is 19.1 Å². The molecule has 1 radical (unpaired) electrons. The van der Waals surface area contributed by atoms with E-state index in [4.69, 9.17) is 14.2 Å². The van der Waals surface area contributed by atoms with Crippen molar-refractivity contribution in [2.75, 3.05) is 38.3 Å². The number of nitrogens with zero attached hydrogens (tertiary/aromatic N) is 2. The Balaban J connectivity index is 1.70. The van der Waals surface area contributed by atoms with Gasteiger partial charge in [0.2, 0.25) is 0 Å². The van der Waals surface area contributed by atoms with Gasteiger partial charge >= 0.3 is 0 Å². The Bertz CT molecular complexity index is 768. The summed E-state index contributed by atoms with van der Waals surface area (Å²) in [6.07, 6.45) is 2.81. The van der Waals surface area contributed by atoms with Gasteiger partial charge in [-0.05, 0) is 6.07 Å². The molecule has 1 aromatic carbocycles. The van der Waals surface area contributed by atoms with Crippen LogP contribution in [0.5, 0.6) is 5.75 Å². The van der Waals surface area contributed by atoms with E-state index >= 15 is 0 Å². The third-order valence-electron chi connectivity index (χ3n) is 4.66. The SMILES string of the molecule is COc1c(F)cc2c(N3CCC4(CC3)OCCO4)[c]cnc2c1F. The maximum Gasteiger partial charge on any atom is 0.194 e. The molecular formula is C17H17F2N2O3. The van der Waals surface area contributed by atoms with Gasteiger partial charge in [0.15, 0.2) is 23.2 Å². The smallest absolute Gasteiger partial charge is 0.194 e. The molecule has 2 fully saturated rings. The van der Waals surface area contributed by atoms with E-state index in [2.05, 4.69) is 11.1 Å². The Hall–Kier alpha value is -1.99. The minimum atomic E-state index is -0.793. The third-order valence-corrected chi connectivity index (χ3v) is 4.66. The molecule has 0 unspecified atom stereocenters. The third kappa shape index (κ3) is 2.39. The van der Waals surface area contributed by atoms with Crippen LogP contribution in [0.2, 0.25) is 0 Å². The molecule has 24 heavy (non-hydrogen) atoms. The fourth-order valence-corrected chi connectivity index (χ4v) is 3.44. The van der Waals surface area contributed by atoms with Crippen LogP contribution in [-0.2, 0) is 9.47 Å². The minimum absolute atomic E-state index is 0.0793. The van der Waals surface area contributed by atoms with E-state index < -0.39 is 23.2 Å². The van der Waals surface area contributed by atoms with Gasteiger partial charge in [0.05, 0.1) is 26.0 Å². The second-order valence-electron chi connectivity index (χ2n) is 5.95. The van der Waals surface area contributed by atoms with Crippen LogP contribution >= 0.6 is 0 Å². The number of piperidine rings is 1. The first-order valence-electron chi connectivity index (χ1n) is 7.89. The highest BCUT2D eigenvalue weighted by atomic mass is 19.1. The number of methoxy groups -OCH3 is 1. The topological polar surface area (TPSA) is 43.8 Å². The van der Waals surface area contributed by atoms with Gasteiger partial charge in [0, 0.05) is 43.6 Å². The number of rotatable bonds is 2. The van der Waals surface area contributed by atoms with Crippen molar-refractivity contribution in [1.82, 2.24) is 4.98 Å². The maximum atomic E-state index is 14.4. The Morgan fingerprint density at radius 1 is 1.25 bits per heavy atom. The number of hydrogen-bond acceptors (Lipinski definition) is 5. The molecule has 2 aromatic rings. The summed E-state index contributed by atoms with van der Waals surface area (Å²) in [5.74, 6) is -2.46. The van der Waals surface area contributed by atoms with Crippen molar-refractivity contribution < 1.29 is 23.0 Å². The largest absolute Gasteiger partial charge is 0.491 e. The molecule has 7 heteroatoms. The summed E-state index contributed by atoms with van der Waals surface area (Å²) in [5.41, 5.74) is 0.712. The van der Waals surface area contributed by atoms with Gasteiger partial charge in [-0.1, -0.05) is 0 Å². The van der Waals surface area contributed by atoms with Crippen LogP contribution in [0.3, 0.4) is 0 Å². The number of anilines is 1. The zero-order valence-corrected chi connectivity index (χ0v) is 13.3. The van der Waals surface area contributed by atoms with E-state index in [1.54, 1.807) is 0 Å². The second-order valence-corrected chi connectivity index (χ2v) is 5.95. The molecule has 0 bridgehead atoms. The summed E-state index contributed by atoms with van der Waals surface area (Å²) in [5, 5.41) is 0.387. The summed E-state index contributed by atoms with van der Waals surface area (Å²) in [4.78, 5) is 6.04. The normalized spacial score (nSPS) is 20.0. The molecule has 3 heterocycles. The molecule has 1 spiro atoms. The van der Waals surface area contributed by atoms with Crippen LogP contribution in [0.4, 0.5) is 14.5 Å². The molecule has 0 saturated carbocycles. The van der Waals surface area contributed by atoms with Gasteiger partial charge in [-0.2, -0.15) is 0 Å². The van der Waals surface area contributed by atoms with Crippen LogP contribution in [0.1, 0.15) is 12.8 Å². The molecule has 2 saturated heterocycles. The summed E-state index contributed by atoms with van der Waals surface area (Å²) < 4.78 is 44.7. The number of pyridine rings is 1. The van der Waals surface area contributed by atoms with Crippen LogP contribution in [-0.4, -0.2) is 44.2 Å². The van der Waals surface area contributed by atoms with Gasteiger partial charge in [0.1, 0.15) is 5.52 Å². The van der Waals surface area contributed by atoms with E-state index in [-0.39, 0.29) is 5.52 Å². The molecule has 0 atom stereocenters. The molecule has 2 aliphatic rings. The summed E-state index contributed by atoms with van der Waals surface area (Å²) >= 11 is 0. The molecule has 2 aliphatic heterocycles. The van der Waals surface area contributed by atoms with Gasteiger partial charge in [-0.15, -0.1) is 0 Å². The minimum Gasteiger partial charge on any atom is -0.491 e. The second kappa shape index (κ2) is 5.82. The maximum absolute atomic E-state index is 14.4. The summed E-state index contributed by atoms with van der Waals surface area (Å²) in [7, 11) is 1.23. The lowest BCUT2D eigenvalue weighted by atomic mass is 10.0. The molecule has 0 N–H and O–H groups in total. The standard InChI is InChI=1S/C17H17F2N2O3/c1-22-16-12(18)10-11-13(2-5-20-15(11)14(16)19)21-6-3-17(4-7-21)23-8-9-24-17/h5,10H,3-4,6-9H2,1H3. The Kier molecular flexibility index (Phi) is 3.77. The zero-order chi connectivity index (χ0) is 16.7. The average Bonchev–Trinajstić information content (AvgIpc) is 3.04. The predicted molar refractivity (Wildman–Crippen MR) is 83.1 cm³/mol. The van der Waals surface area contributed by atoms with E-state index in [0.29, 0.717) is 50.2 Å². The Labute approximate surface area is 138 Å². The quantitative estimate of drug-likeness (QED) is 0.844. The average molecular weight is 335 g/mol. The zero-order valence-electron chi connectivity index (χ0n) is 13.3. The molecule has 0 aliphatic carbocycles. The van der Waals surface area contributed by atoms with E-state index in [9.17, 15) is 8.78 Å². The molecule has 0 amide bonds. The highest BCUT2D eigenvalue weighted by Crippen LogP contribution is 2.37. The molecule has 5 nitrogen and oxygen atoms in total. The van der Waals surface area contributed by atoms with Crippen molar-refractivity contribution in [3.8, 4) is 5.75 Å². The van der Waals surface area contributed by atoms with Crippen LogP contribution in [0.15, 0.2) is 12.3 Å². The summed E-state index contributed by atoms with van der Waals surface area (Å²) in [6.45, 7) is 2.54. The number of benzene rings is 1. The molecule has 4 rings (SSSR count). The number of ether oxygens (including phenoxy) is 3. The van der Waals surface area contributed by atoms with E-state index in [1.807, 2.05) is 4.90 Å². The van der Waals surface area contributed by atoms with Gasteiger partial charge in [0.25, 0.3) is 0 Å². The highest BCUT2D eigenvalue weighted by Gasteiger charge is 2.40. The number of hydrogen-bond donors (Lipinski definition) is 0.